The molecule has 2 heterocycles. The number of carbonyl (C=O) groups is 1. The summed E-state index contributed by atoms with van der Waals surface area (Å²) in [5.74, 6) is -9.08. The van der Waals surface area contributed by atoms with Crippen molar-refractivity contribution in [3.05, 3.63) is 82.3 Å². The first-order chi connectivity index (χ1) is 22.4. The summed E-state index contributed by atoms with van der Waals surface area (Å²) in [4.78, 5) is 16.3. The highest BCUT2D eigenvalue weighted by molar-refractivity contribution is 6.35. The first-order valence-corrected chi connectivity index (χ1v) is 15.4. The molecular formula is C34H34ClF4N3O5. The van der Waals surface area contributed by atoms with Crippen LogP contribution in [-0.4, -0.2) is 64.1 Å². The van der Waals surface area contributed by atoms with Gasteiger partial charge in [0.2, 0.25) is 0 Å². The van der Waals surface area contributed by atoms with E-state index in [-0.39, 0.29) is 23.0 Å². The lowest BCUT2D eigenvalue weighted by Crippen LogP contribution is -2.46. The Morgan fingerprint density at radius 2 is 1.77 bits per heavy atom. The minimum absolute atomic E-state index is 0.147. The number of H-pyrrole nitrogens is 1. The van der Waals surface area contributed by atoms with Gasteiger partial charge >= 0.3 is 17.8 Å². The Labute approximate surface area is 273 Å². The van der Waals surface area contributed by atoms with Gasteiger partial charge in [-0.15, -0.1) is 0 Å². The van der Waals surface area contributed by atoms with Crippen LogP contribution in [0.3, 0.4) is 0 Å². The number of aliphatic hydroxyl groups is 1. The number of carbonyl (C=O) groups excluding carboxylic acids is 1. The van der Waals surface area contributed by atoms with Gasteiger partial charge in [-0.25, -0.2) is 4.79 Å². The molecule has 0 spiro atoms. The highest BCUT2D eigenvalue weighted by Crippen LogP contribution is 2.41. The second kappa shape index (κ2) is 13.9. The van der Waals surface area contributed by atoms with Crippen LogP contribution < -0.4 is 4.74 Å². The fourth-order valence-electron chi connectivity index (χ4n) is 5.53. The number of rotatable bonds is 14. The number of hydrogen-bond acceptors (Lipinski definition) is 6. The minimum atomic E-state index is -4.66. The standard InChI is InChI=1S/C34H34ClF4N3O5/c1-4-46-32(44)31-23(12-8-16-47-27-13-7-10-21-9-5-6-11-22(21)27)24-14-15-25(35)29(30(24)40-31)28-20(2)42(3)41-26(28)17-45-19-34(38,39)33(36,37)18-43/h5-7,9-11,13-15,40,43H,4,8,12,16-19H2,1-3H3. The molecule has 2 aromatic heterocycles. The smallest absolute Gasteiger partial charge is 0.355 e. The van der Waals surface area contributed by atoms with Crippen LogP contribution in [0.15, 0.2) is 54.6 Å². The lowest BCUT2D eigenvalue weighted by atomic mass is 9.98. The second-order valence-electron chi connectivity index (χ2n) is 11.1. The molecule has 0 aliphatic heterocycles. The Morgan fingerprint density at radius 3 is 2.51 bits per heavy atom. The lowest BCUT2D eigenvalue weighted by molar-refractivity contribution is -0.246. The van der Waals surface area contributed by atoms with Crippen molar-refractivity contribution in [3.63, 3.8) is 0 Å². The van der Waals surface area contributed by atoms with Gasteiger partial charge in [0.1, 0.15) is 24.7 Å². The van der Waals surface area contributed by atoms with E-state index in [4.69, 9.17) is 30.9 Å². The van der Waals surface area contributed by atoms with Crippen LogP contribution in [0.2, 0.25) is 5.02 Å². The van der Waals surface area contributed by atoms with Gasteiger partial charge in [0.15, 0.2) is 0 Å². The topological polar surface area (TPSA) is 98.6 Å². The summed E-state index contributed by atoms with van der Waals surface area (Å²) in [5.41, 5.74) is 3.03. The van der Waals surface area contributed by atoms with E-state index < -0.39 is 37.6 Å². The molecule has 0 radical (unpaired) electrons. The van der Waals surface area contributed by atoms with Gasteiger partial charge in [-0.3, -0.25) is 4.68 Å². The molecule has 0 amide bonds. The predicted molar refractivity (Wildman–Crippen MR) is 171 cm³/mol. The van der Waals surface area contributed by atoms with Gasteiger partial charge in [0, 0.05) is 34.6 Å². The van der Waals surface area contributed by atoms with E-state index in [0.29, 0.717) is 52.7 Å². The Balaban J connectivity index is 1.47. The number of esters is 1. The second-order valence-corrected chi connectivity index (χ2v) is 11.5. The molecule has 0 aliphatic rings. The Kier molecular flexibility index (Phi) is 10.1. The fraction of sp³-hybridized carbons (Fsp3) is 0.353. The number of alkyl halides is 4. The van der Waals surface area contributed by atoms with E-state index in [1.165, 1.54) is 4.68 Å². The summed E-state index contributed by atoms with van der Waals surface area (Å²) >= 11 is 6.74. The average molecular weight is 676 g/mol. The van der Waals surface area contributed by atoms with Crippen LogP contribution in [0.25, 0.3) is 32.8 Å². The number of ether oxygens (including phenoxy) is 3. The van der Waals surface area contributed by atoms with Crippen molar-refractivity contribution < 1.29 is 41.7 Å². The number of aliphatic hydroxyl groups excluding tert-OH is 1. The summed E-state index contributed by atoms with van der Waals surface area (Å²) in [6.07, 6.45) is 0.994. The van der Waals surface area contributed by atoms with Crippen LogP contribution in [-0.2, 0) is 29.5 Å². The Hall–Kier alpha value is -4.13. The van der Waals surface area contributed by atoms with E-state index in [1.54, 1.807) is 33.0 Å². The van der Waals surface area contributed by atoms with Crippen molar-refractivity contribution in [1.82, 2.24) is 14.8 Å². The molecule has 0 atom stereocenters. The zero-order chi connectivity index (χ0) is 33.9. The molecule has 3 aromatic carbocycles. The number of nitrogens with zero attached hydrogens (tertiary/aromatic N) is 2. The molecule has 0 aliphatic carbocycles. The first-order valence-electron chi connectivity index (χ1n) is 15.0. The van der Waals surface area contributed by atoms with Crippen LogP contribution in [0.1, 0.15) is 40.8 Å². The van der Waals surface area contributed by atoms with E-state index in [1.807, 2.05) is 42.5 Å². The maximum atomic E-state index is 14.0. The zero-order valence-electron chi connectivity index (χ0n) is 26.0. The van der Waals surface area contributed by atoms with Gasteiger partial charge in [0.25, 0.3) is 0 Å². The summed E-state index contributed by atoms with van der Waals surface area (Å²) in [5, 5.41) is 16.1. The molecule has 0 bridgehead atoms. The molecule has 5 rings (SSSR count). The largest absolute Gasteiger partial charge is 0.493 e. The molecule has 0 fully saturated rings. The first kappa shape index (κ1) is 34.2. The number of aryl methyl sites for hydroxylation is 2. The van der Waals surface area contributed by atoms with E-state index in [9.17, 15) is 22.4 Å². The number of aromatic amines is 1. The molecular weight excluding hydrogens is 642 g/mol. The van der Waals surface area contributed by atoms with Crippen molar-refractivity contribution in [3.8, 4) is 16.9 Å². The number of nitrogens with one attached hydrogen (secondary N) is 1. The average Bonchev–Trinajstić information content (AvgIpc) is 3.55. The third-order valence-corrected chi connectivity index (χ3v) is 8.32. The Bertz CT molecular complexity index is 1900. The molecule has 2 N–H and O–H groups in total. The van der Waals surface area contributed by atoms with Gasteiger partial charge < -0.3 is 24.3 Å². The van der Waals surface area contributed by atoms with Crippen LogP contribution in [0.5, 0.6) is 5.75 Å². The van der Waals surface area contributed by atoms with Gasteiger partial charge in [-0.1, -0.05) is 54.1 Å². The molecule has 13 heteroatoms. The van der Waals surface area contributed by atoms with Crippen molar-refractivity contribution in [2.24, 2.45) is 7.05 Å². The maximum absolute atomic E-state index is 14.0. The molecule has 0 unspecified atom stereocenters. The van der Waals surface area contributed by atoms with E-state index in [2.05, 4.69) is 10.1 Å². The van der Waals surface area contributed by atoms with E-state index >= 15 is 0 Å². The van der Waals surface area contributed by atoms with Gasteiger partial charge in [-0.2, -0.15) is 22.7 Å². The number of aromatic nitrogens is 3. The zero-order valence-corrected chi connectivity index (χ0v) is 26.8. The molecule has 250 valence electrons. The Morgan fingerprint density at radius 1 is 1.02 bits per heavy atom. The highest BCUT2D eigenvalue weighted by Gasteiger charge is 2.56. The summed E-state index contributed by atoms with van der Waals surface area (Å²) in [7, 11) is 1.63. The van der Waals surface area contributed by atoms with Crippen LogP contribution in [0.4, 0.5) is 17.6 Å². The van der Waals surface area contributed by atoms with E-state index in [0.717, 1.165) is 16.5 Å². The van der Waals surface area contributed by atoms with Crippen LogP contribution in [0, 0.1) is 6.92 Å². The third kappa shape index (κ3) is 6.81. The van der Waals surface area contributed by atoms with Gasteiger partial charge in [-0.05, 0) is 49.8 Å². The monoisotopic (exact) mass is 675 g/mol. The summed E-state index contributed by atoms with van der Waals surface area (Å²) in [6.45, 7) is -0.274. The summed E-state index contributed by atoms with van der Waals surface area (Å²) in [6, 6.07) is 17.2. The maximum Gasteiger partial charge on any atom is 0.355 e. The molecule has 0 saturated heterocycles. The molecule has 8 nitrogen and oxygen atoms in total. The van der Waals surface area contributed by atoms with Crippen molar-refractivity contribution in [1.29, 1.82) is 0 Å². The number of benzene rings is 3. The third-order valence-electron chi connectivity index (χ3n) is 8.00. The lowest BCUT2D eigenvalue weighted by Gasteiger charge is -2.24. The number of fused-ring (bicyclic) bond motifs is 2. The normalized spacial score (nSPS) is 12.3. The highest BCUT2D eigenvalue weighted by atomic mass is 35.5. The SMILES string of the molecule is CCOC(=O)c1[nH]c2c(-c3c(COCC(F)(F)C(F)(F)CO)nn(C)c3C)c(Cl)ccc2c1CCCOc1cccc2ccccc12. The van der Waals surface area contributed by atoms with Gasteiger partial charge in [0.05, 0.1) is 36.1 Å². The van der Waals surface area contributed by atoms with Crippen molar-refractivity contribution >= 4 is 39.2 Å². The van der Waals surface area contributed by atoms with Crippen LogP contribution >= 0.6 is 11.6 Å². The summed E-state index contributed by atoms with van der Waals surface area (Å²) < 4.78 is 73.1. The molecule has 0 saturated carbocycles. The quantitative estimate of drug-likeness (QED) is 0.0713. The predicted octanol–water partition coefficient (Wildman–Crippen LogP) is 7.65. The number of hydrogen-bond donors (Lipinski definition) is 2. The fourth-order valence-corrected chi connectivity index (χ4v) is 5.78. The molecule has 5 aromatic rings. The minimum Gasteiger partial charge on any atom is -0.493 e. The van der Waals surface area contributed by atoms with Crippen molar-refractivity contribution in [2.75, 3.05) is 26.4 Å². The molecule has 47 heavy (non-hydrogen) atoms. The van der Waals surface area contributed by atoms with Crippen molar-refractivity contribution in [2.45, 2.75) is 45.1 Å². The number of halogens is 5.